The lowest BCUT2D eigenvalue weighted by Gasteiger charge is -2.20. The molecule has 0 saturated heterocycles. The second-order valence-corrected chi connectivity index (χ2v) is 8.65. The summed E-state index contributed by atoms with van der Waals surface area (Å²) >= 11 is 6.36. The second kappa shape index (κ2) is 9.95. The summed E-state index contributed by atoms with van der Waals surface area (Å²) in [6, 6.07) is 9.18. The highest BCUT2D eigenvalue weighted by Crippen LogP contribution is 2.32. The lowest BCUT2D eigenvalue weighted by Crippen LogP contribution is -2.33. The van der Waals surface area contributed by atoms with E-state index < -0.39 is 23.9 Å². The minimum Gasteiger partial charge on any atom is -0.487 e. The number of hydrogen-bond acceptors (Lipinski definition) is 5. The molecule has 0 fully saturated rings. The number of carbonyl (C=O) groups is 1. The van der Waals surface area contributed by atoms with Crippen LogP contribution in [0.15, 0.2) is 42.7 Å². The Kier molecular flexibility index (Phi) is 6.98. The lowest BCUT2D eigenvalue weighted by molar-refractivity contribution is -0.126. The Labute approximate surface area is 206 Å². The van der Waals surface area contributed by atoms with Crippen LogP contribution in [0.3, 0.4) is 0 Å². The highest BCUT2D eigenvalue weighted by Gasteiger charge is 2.21. The molecule has 0 radical (unpaired) electrons. The molecule has 0 saturated carbocycles. The summed E-state index contributed by atoms with van der Waals surface area (Å²) in [5.74, 6) is -0.150. The zero-order chi connectivity index (χ0) is 25.3. The van der Waals surface area contributed by atoms with Crippen molar-refractivity contribution in [3.8, 4) is 11.4 Å². The fourth-order valence-corrected chi connectivity index (χ4v) is 4.14. The molecule has 0 aliphatic rings. The number of pyridine rings is 1. The zero-order valence-electron chi connectivity index (χ0n) is 19.6. The van der Waals surface area contributed by atoms with Crippen molar-refractivity contribution in [2.75, 3.05) is 0 Å². The largest absolute Gasteiger partial charge is 0.487 e. The van der Waals surface area contributed by atoms with Crippen molar-refractivity contribution < 1.29 is 18.3 Å². The number of halogens is 3. The smallest absolute Gasteiger partial charge is 0.254 e. The Morgan fingerprint density at radius 2 is 2.00 bits per heavy atom. The number of carbonyl (C=O) groups excluding carboxylic acids is 1. The van der Waals surface area contributed by atoms with Crippen LogP contribution in [-0.2, 0) is 11.4 Å². The molecule has 0 bridgehead atoms. The highest BCUT2D eigenvalue weighted by atomic mass is 35.5. The number of nitrogens with zero attached hydrogens (tertiary/aromatic N) is 4. The SMILES string of the molecule is Cc1cc(-n2ncnc2C)c2cccc(OCc3c(Cl)cc(F)cc3[C@H](C)NC(=O)[C@H](C)F)c2n1. The normalized spacial score (nSPS) is 13.0. The quantitative estimate of drug-likeness (QED) is 0.371. The van der Waals surface area contributed by atoms with Crippen molar-refractivity contribution in [3.05, 3.63) is 76.2 Å². The van der Waals surface area contributed by atoms with Crippen molar-refractivity contribution in [2.24, 2.45) is 0 Å². The van der Waals surface area contributed by atoms with E-state index in [9.17, 15) is 13.6 Å². The minimum absolute atomic E-state index is 0.0216. The summed E-state index contributed by atoms with van der Waals surface area (Å²) in [4.78, 5) is 20.7. The fraction of sp³-hybridized carbons (Fsp3) is 0.280. The van der Waals surface area contributed by atoms with Crippen LogP contribution < -0.4 is 10.1 Å². The molecule has 0 unspecified atom stereocenters. The Balaban J connectivity index is 1.71. The van der Waals surface area contributed by atoms with Crippen LogP contribution in [0.4, 0.5) is 8.78 Å². The lowest BCUT2D eigenvalue weighted by atomic mass is 10.0. The maximum atomic E-state index is 14.2. The van der Waals surface area contributed by atoms with Gasteiger partial charge in [-0.25, -0.2) is 23.4 Å². The molecule has 0 spiro atoms. The first-order valence-corrected chi connectivity index (χ1v) is 11.4. The summed E-state index contributed by atoms with van der Waals surface area (Å²) in [7, 11) is 0. The third-order valence-electron chi connectivity index (χ3n) is 5.61. The van der Waals surface area contributed by atoms with Gasteiger partial charge in [0.15, 0.2) is 6.17 Å². The van der Waals surface area contributed by atoms with Crippen LogP contribution >= 0.6 is 11.6 Å². The van der Waals surface area contributed by atoms with Gasteiger partial charge >= 0.3 is 0 Å². The van der Waals surface area contributed by atoms with Gasteiger partial charge in [-0.05, 0) is 57.5 Å². The molecule has 2 aromatic heterocycles. The molecule has 1 N–H and O–H groups in total. The summed E-state index contributed by atoms with van der Waals surface area (Å²) in [5, 5.41) is 7.79. The molecule has 4 rings (SSSR count). The third-order valence-corrected chi connectivity index (χ3v) is 5.95. The van der Waals surface area contributed by atoms with Gasteiger partial charge < -0.3 is 10.1 Å². The van der Waals surface area contributed by atoms with Gasteiger partial charge in [0.1, 0.15) is 35.8 Å². The Morgan fingerprint density at radius 3 is 2.69 bits per heavy atom. The van der Waals surface area contributed by atoms with Crippen molar-refractivity contribution in [3.63, 3.8) is 0 Å². The summed E-state index contributed by atoms with van der Waals surface area (Å²) < 4.78 is 35.4. The molecule has 35 heavy (non-hydrogen) atoms. The Hall–Kier alpha value is -3.59. The van der Waals surface area contributed by atoms with Gasteiger partial charge in [0.05, 0.1) is 16.8 Å². The number of ether oxygens (including phenoxy) is 1. The number of alkyl halides is 1. The number of fused-ring (bicyclic) bond motifs is 1. The second-order valence-electron chi connectivity index (χ2n) is 8.24. The minimum atomic E-state index is -1.70. The van der Waals surface area contributed by atoms with Gasteiger partial charge in [-0.3, -0.25) is 4.79 Å². The van der Waals surface area contributed by atoms with Crippen molar-refractivity contribution in [1.82, 2.24) is 25.1 Å². The number of rotatable bonds is 7. The standard InChI is InChI=1S/C25H24ClF2N5O2/c1-13-8-22(33-16(4)29-12-30-33)18-6-5-7-23(24(18)31-13)35-11-20-19(9-17(28)10-21(20)26)15(3)32-25(34)14(2)27/h5-10,12,14-15H,11H2,1-4H3,(H,32,34)/t14-,15-/m0/s1. The molecule has 182 valence electrons. The first-order valence-electron chi connectivity index (χ1n) is 11.0. The summed E-state index contributed by atoms with van der Waals surface area (Å²) in [6.45, 7) is 6.47. The van der Waals surface area contributed by atoms with Gasteiger partial charge in [-0.15, -0.1) is 0 Å². The van der Waals surface area contributed by atoms with E-state index in [4.69, 9.17) is 16.3 Å². The van der Waals surface area contributed by atoms with E-state index in [0.29, 0.717) is 22.4 Å². The highest BCUT2D eigenvalue weighted by molar-refractivity contribution is 6.31. The van der Waals surface area contributed by atoms with E-state index in [1.807, 2.05) is 32.0 Å². The van der Waals surface area contributed by atoms with Crippen LogP contribution in [0.2, 0.25) is 5.02 Å². The number of hydrogen-bond donors (Lipinski definition) is 1. The molecule has 2 atom stereocenters. The summed E-state index contributed by atoms with van der Waals surface area (Å²) in [6.07, 6.45) is -0.215. The van der Waals surface area contributed by atoms with Gasteiger partial charge in [0.2, 0.25) is 0 Å². The van der Waals surface area contributed by atoms with E-state index in [-0.39, 0.29) is 11.6 Å². The topological polar surface area (TPSA) is 81.9 Å². The molecule has 2 aromatic carbocycles. The van der Waals surface area contributed by atoms with Crippen LogP contribution in [-0.4, -0.2) is 31.8 Å². The Morgan fingerprint density at radius 1 is 1.23 bits per heavy atom. The zero-order valence-corrected chi connectivity index (χ0v) is 20.4. The van der Waals surface area contributed by atoms with Crippen LogP contribution in [0, 0.1) is 19.7 Å². The van der Waals surface area contributed by atoms with Crippen LogP contribution in [0.1, 0.15) is 42.5 Å². The van der Waals surface area contributed by atoms with Gasteiger partial charge in [-0.1, -0.05) is 23.7 Å². The first-order chi connectivity index (χ1) is 16.7. The number of nitrogens with one attached hydrogen (secondary N) is 1. The van der Waals surface area contributed by atoms with E-state index in [1.165, 1.54) is 18.5 Å². The molecular formula is C25H24ClF2N5O2. The first kappa shape index (κ1) is 24.5. The van der Waals surface area contributed by atoms with Crippen LogP contribution in [0.5, 0.6) is 5.75 Å². The third kappa shape index (κ3) is 5.09. The summed E-state index contributed by atoms with van der Waals surface area (Å²) in [5.41, 5.74) is 3.06. The number of amides is 1. The molecular weight excluding hydrogens is 476 g/mol. The number of aromatic nitrogens is 4. The number of benzene rings is 2. The van der Waals surface area contributed by atoms with Crippen molar-refractivity contribution in [2.45, 2.75) is 46.5 Å². The van der Waals surface area contributed by atoms with Crippen molar-refractivity contribution >= 4 is 28.4 Å². The van der Waals surface area contributed by atoms with Gasteiger partial charge in [0.25, 0.3) is 5.91 Å². The van der Waals surface area contributed by atoms with Gasteiger partial charge in [0, 0.05) is 16.6 Å². The molecule has 4 aromatic rings. The molecule has 10 heteroatoms. The maximum Gasteiger partial charge on any atom is 0.254 e. The Bertz CT molecular complexity index is 1410. The van der Waals surface area contributed by atoms with Crippen LogP contribution in [0.25, 0.3) is 16.6 Å². The molecule has 2 heterocycles. The molecule has 7 nitrogen and oxygen atoms in total. The van der Waals surface area contributed by atoms with E-state index >= 15 is 0 Å². The predicted octanol–water partition coefficient (Wildman–Crippen LogP) is 5.34. The van der Waals surface area contributed by atoms with Crippen molar-refractivity contribution in [1.29, 1.82) is 0 Å². The number of aryl methyl sites for hydroxylation is 2. The average molecular weight is 500 g/mol. The number of para-hydroxylation sites is 1. The van der Waals surface area contributed by atoms with E-state index in [0.717, 1.165) is 29.5 Å². The average Bonchev–Trinajstić information content (AvgIpc) is 3.23. The molecule has 0 aliphatic carbocycles. The molecule has 1 amide bonds. The van der Waals surface area contributed by atoms with E-state index in [2.05, 4.69) is 20.4 Å². The maximum absolute atomic E-state index is 14.2. The fourth-order valence-electron chi connectivity index (χ4n) is 3.87. The van der Waals surface area contributed by atoms with Gasteiger partial charge in [-0.2, -0.15) is 5.10 Å². The monoisotopic (exact) mass is 499 g/mol. The predicted molar refractivity (Wildman–Crippen MR) is 129 cm³/mol. The molecule has 0 aliphatic heterocycles. The van der Waals surface area contributed by atoms with E-state index in [1.54, 1.807) is 17.7 Å².